The summed E-state index contributed by atoms with van der Waals surface area (Å²) < 4.78 is 15.9. The van der Waals surface area contributed by atoms with Gasteiger partial charge in [-0.1, -0.05) is 30.7 Å². The fourth-order valence-corrected chi connectivity index (χ4v) is 4.78. The van der Waals surface area contributed by atoms with Crippen molar-refractivity contribution >= 4 is 34.7 Å². The van der Waals surface area contributed by atoms with E-state index in [9.17, 15) is 9.59 Å². The van der Waals surface area contributed by atoms with E-state index in [1.54, 1.807) is 12.1 Å². The van der Waals surface area contributed by atoms with Gasteiger partial charge in [0.2, 0.25) is 6.79 Å². The van der Waals surface area contributed by atoms with Crippen LogP contribution in [0.4, 0.5) is 11.4 Å². The Morgan fingerprint density at radius 2 is 1.87 bits per heavy atom. The number of esters is 1. The Bertz CT molecular complexity index is 1130. The van der Waals surface area contributed by atoms with Crippen LogP contribution in [0.1, 0.15) is 24.9 Å². The van der Waals surface area contributed by atoms with Crippen LogP contribution in [-0.2, 0) is 14.3 Å². The van der Waals surface area contributed by atoms with Gasteiger partial charge in [-0.15, -0.1) is 0 Å². The number of carbonyl (C=O) groups is 2. The summed E-state index contributed by atoms with van der Waals surface area (Å²) in [5, 5.41) is 7.31. The van der Waals surface area contributed by atoms with Gasteiger partial charge in [-0.3, -0.25) is 9.59 Å². The maximum absolute atomic E-state index is 13.7. The second-order valence-corrected chi connectivity index (χ2v) is 8.32. The molecule has 0 radical (unpaired) electrons. The third-order valence-electron chi connectivity index (χ3n) is 6.03. The zero-order valence-electron chi connectivity index (χ0n) is 17.0. The molecule has 7 nitrogen and oxygen atoms in total. The van der Waals surface area contributed by atoms with Crippen LogP contribution in [-0.4, -0.2) is 25.7 Å². The number of ether oxygens (including phenoxy) is 3. The highest BCUT2D eigenvalue weighted by molar-refractivity contribution is 6.32. The topological polar surface area (TPSA) is 85.9 Å². The lowest BCUT2D eigenvalue weighted by Crippen LogP contribution is -2.39. The Morgan fingerprint density at radius 1 is 1.16 bits per heavy atom. The molecule has 0 spiro atoms. The van der Waals surface area contributed by atoms with E-state index in [4.69, 9.17) is 25.8 Å². The van der Waals surface area contributed by atoms with E-state index in [2.05, 4.69) is 10.6 Å². The van der Waals surface area contributed by atoms with Crippen LogP contribution in [0.3, 0.4) is 0 Å². The minimum atomic E-state index is -0.871. The molecule has 5 rings (SSSR count). The van der Waals surface area contributed by atoms with E-state index in [0.717, 1.165) is 17.1 Å². The molecule has 0 unspecified atom stereocenters. The number of allylic oxidation sites excluding steroid dienone is 1. The number of rotatable bonds is 2. The Hall–Kier alpha value is -3.19. The van der Waals surface area contributed by atoms with Crippen LogP contribution in [0.25, 0.3) is 0 Å². The maximum atomic E-state index is 13.7. The van der Waals surface area contributed by atoms with E-state index < -0.39 is 17.9 Å². The van der Waals surface area contributed by atoms with Crippen LogP contribution in [0, 0.1) is 11.8 Å². The largest absolute Gasteiger partial charge is 0.468 e. The molecule has 2 aromatic carbocycles. The normalized spacial score (nSPS) is 23.8. The summed E-state index contributed by atoms with van der Waals surface area (Å²) in [5.41, 5.74) is 3.60. The number of methoxy groups -OCH3 is 1. The Balaban J connectivity index is 1.69. The third-order valence-corrected chi connectivity index (χ3v) is 6.35. The van der Waals surface area contributed by atoms with Gasteiger partial charge in [0.15, 0.2) is 17.3 Å². The van der Waals surface area contributed by atoms with Crippen LogP contribution >= 0.6 is 11.6 Å². The number of para-hydroxylation sites is 2. The Kier molecular flexibility index (Phi) is 4.78. The number of hydrogen-bond donors (Lipinski definition) is 2. The molecule has 0 amide bonds. The van der Waals surface area contributed by atoms with Gasteiger partial charge in [0, 0.05) is 22.9 Å². The Morgan fingerprint density at radius 3 is 2.61 bits per heavy atom. The maximum Gasteiger partial charge on any atom is 0.316 e. The molecule has 0 saturated carbocycles. The molecule has 3 aliphatic rings. The standard InChI is InChI=1S/C23H21ClN2O5/c1-11-7-16-20(22(27)19(11)23(28)29-2)21(26-15-6-4-3-5-14(15)25-16)12-8-17-18(9-13(12)24)31-10-30-17/h3-6,8-9,11,19,21,25-26H,7,10H2,1-2H3/t11-,19+,21+/m0/s1. The molecule has 3 atom stereocenters. The van der Waals surface area contributed by atoms with Crippen LogP contribution < -0.4 is 20.1 Å². The first-order valence-corrected chi connectivity index (χ1v) is 10.4. The van der Waals surface area contributed by atoms with Gasteiger partial charge in [-0.2, -0.15) is 0 Å². The number of fused-ring (bicyclic) bond motifs is 2. The van der Waals surface area contributed by atoms with E-state index in [0.29, 0.717) is 34.1 Å². The lowest BCUT2D eigenvalue weighted by Gasteiger charge is -2.32. The first-order valence-electron chi connectivity index (χ1n) is 10.0. The van der Waals surface area contributed by atoms with Gasteiger partial charge >= 0.3 is 5.97 Å². The van der Waals surface area contributed by atoms with Crippen molar-refractivity contribution < 1.29 is 23.8 Å². The summed E-state index contributed by atoms with van der Waals surface area (Å²) in [6, 6.07) is 10.6. The van der Waals surface area contributed by atoms with Crippen molar-refractivity contribution in [2.24, 2.45) is 11.8 Å². The highest BCUT2D eigenvalue weighted by Crippen LogP contribution is 2.47. The van der Waals surface area contributed by atoms with Gasteiger partial charge in [0.1, 0.15) is 5.92 Å². The summed E-state index contributed by atoms with van der Waals surface area (Å²) in [6.45, 7) is 2.00. The van der Waals surface area contributed by atoms with Gasteiger partial charge in [-0.05, 0) is 30.5 Å². The minimum absolute atomic E-state index is 0.117. The number of carbonyl (C=O) groups excluding carboxylic acids is 2. The molecule has 0 bridgehead atoms. The summed E-state index contributed by atoms with van der Waals surface area (Å²) >= 11 is 6.63. The van der Waals surface area contributed by atoms with Gasteiger partial charge in [0.25, 0.3) is 0 Å². The lowest BCUT2D eigenvalue weighted by molar-refractivity contribution is -0.151. The molecule has 0 saturated heterocycles. The summed E-state index contributed by atoms with van der Waals surface area (Å²) in [7, 11) is 1.30. The summed E-state index contributed by atoms with van der Waals surface area (Å²) in [4.78, 5) is 26.1. The fraction of sp³-hybridized carbons (Fsp3) is 0.304. The number of Topliss-reactive ketones (excluding diaryl/α,β-unsaturated/α-hetero) is 1. The SMILES string of the molecule is COC(=O)[C@H]1C(=O)C2=C(C[C@@H]1C)Nc1ccccc1N[C@@H]2c1cc2c(cc1Cl)OCO2. The van der Waals surface area contributed by atoms with E-state index in [-0.39, 0.29) is 18.5 Å². The molecule has 2 heterocycles. The quantitative estimate of drug-likeness (QED) is 0.532. The van der Waals surface area contributed by atoms with Crippen molar-refractivity contribution in [1.29, 1.82) is 0 Å². The van der Waals surface area contributed by atoms with Crippen LogP contribution in [0.5, 0.6) is 11.5 Å². The monoisotopic (exact) mass is 440 g/mol. The summed E-state index contributed by atoms with van der Waals surface area (Å²) in [6.07, 6.45) is 0.523. The highest BCUT2D eigenvalue weighted by Gasteiger charge is 2.44. The number of halogens is 1. The zero-order chi connectivity index (χ0) is 21.7. The third kappa shape index (κ3) is 3.20. The van der Waals surface area contributed by atoms with Crippen molar-refractivity contribution in [2.75, 3.05) is 24.5 Å². The van der Waals surface area contributed by atoms with E-state index in [1.165, 1.54) is 7.11 Å². The molecule has 0 fully saturated rings. The Labute approximate surface area is 184 Å². The van der Waals surface area contributed by atoms with Crippen molar-refractivity contribution in [1.82, 2.24) is 0 Å². The van der Waals surface area contributed by atoms with Crippen molar-refractivity contribution in [3.8, 4) is 11.5 Å². The molecule has 2 N–H and O–H groups in total. The smallest absolute Gasteiger partial charge is 0.316 e. The second kappa shape index (κ2) is 7.50. The molecule has 160 valence electrons. The first-order chi connectivity index (χ1) is 15.0. The molecular weight excluding hydrogens is 420 g/mol. The van der Waals surface area contributed by atoms with Crippen molar-refractivity contribution in [3.05, 3.63) is 58.3 Å². The number of nitrogens with one attached hydrogen (secondary N) is 2. The number of ketones is 1. The number of benzene rings is 2. The predicted octanol–water partition coefficient (Wildman–Crippen LogP) is 4.30. The highest BCUT2D eigenvalue weighted by atomic mass is 35.5. The molecular formula is C23H21ClN2O5. The van der Waals surface area contributed by atoms with Gasteiger partial charge in [-0.25, -0.2) is 0 Å². The van der Waals surface area contributed by atoms with Crippen molar-refractivity contribution in [2.45, 2.75) is 19.4 Å². The lowest BCUT2D eigenvalue weighted by atomic mass is 9.75. The molecule has 0 aromatic heterocycles. The summed E-state index contributed by atoms with van der Waals surface area (Å²) in [5.74, 6) is -0.747. The number of anilines is 2. The second-order valence-electron chi connectivity index (χ2n) is 7.91. The molecule has 31 heavy (non-hydrogen) atoms. The number of hydrogen-bond acceptors (Lipinski definition) is 7. The molecule has 1 aliphatic carbocycles. The average Bonchev–Trinajstić information content (AvgIpc) is 3.13. The zero-order valence-corrected chi connectivity index (χ0v) is 17.8. The minimum Gasteiger partial charge on any atom is -0.468 e. The van der Waals surface area contributed by atoms with E-state index >= 15 is 0 Å². The molecule has 2 aliphatic heterocycles. The van der Waals surface area contributed by atoms with E-state index in [1.807, 2.05) is 31.2 Å². The van der Waals surface area contributed by atoms with Crippen LogP contribution in [0.2, 0.25) is 5.02 Å². The molecule has 2 aromatic rings. The molecule has 8 heteroatoms. The average molecular weight is 441 g/mol. The van der Waals surface area contributed by atoms with Gasteiger partial charge in [0.05, 0.1) is 29.5 Å². The van der Waals surface area contributed by atoms with Crippen molar-refractivity contribution in [3.63, 3.8) is 0 Å². The fourth-order valence-electron chi connectivity index (χ4n) is 4.52. The first kappa shape index (κ1) is 19.8. The van der Waals surface area contributed by atoms with Gasteiger partial charge < -0.3 is 24.8 Å². The predicted molar refractivity (Wildman–Crippen MR) is 115 cm³/mol. The van der Waals surface area contributed by atoms with Crippen LogP contribution in [0.15, 0.2) is 47.7 Å².